The molecule has 1 heterocycles. The Morgan fingerprint density at radius 1 is 1.21 bits per heavy atom. The van der Waals surface area contributed by atoms with Gasteiger partial charge in [0.05, 0.1) is 14.2 Å². The zero-order chi connectivity index (χ0) is 13.8. The van der Waals surface area contributed by atoms with Crippen LogP contribution in [0.2, 0.25) is 0 Å². The van der Waals surface area contributed by atoms with Gasteiger partial charge in [0, 0.05) is 37.8 Å². The number of ether oxygens (including phenoxy) is 2. The fraction of sp³-hybridized carbons (Fsp3) is 0.600. The minimum atomic E-state index is 0.602. The average molecular weight is 264 g/mol. The molecule has 0 aliphatic carbocycles. The lowest BCUT2D eigenvalue weighted by atomic mass is 10.1. The molecule has 4 heteroatoms. The highest BCUT2D eigenvalue weighted by atomic mass is 16.5. The van der Waals surface area contributed by atoms with E-state index < -0.39 is 0 Å². The predicted molar refractivity (Wildman–Crippen MR) is 76.9 cm³/mol. The van der Waals surface area contributed by atoms with Crippen molar-refractivity contribution in [2.45, 2.75) is 19.5 Å². The molecule has 1 aliphatic rings. The van der Waals surface area contributed by atoms with Crippen LogP contribution in [0.25, 0.3) is 0 Å². The zero-order valence-corrected chi connectivity index (χ0v) is 12.3. The Labute approximate surface area is 115 Å². The smallest absolute Gasteiger partial charge is 0.165 e. The largest absolute Gasteiger partial charge is 0.493 e. The zero-order valence-electron chi connectivity index (χ0n) is 12.3. The Morgan fingerprint density at radius 3 is 2.63 bits per heavy atom. The highest BCUT2D eigenvalue weighted by Crippen LogP contribution is 2.31. The lowest BCUT2D eigenvalue weighted by Crippen LogP contribution is -2.49. The van der Waals surface area contributed by atoms with Gasteiger partial charge in [0.15, 0.2) is 11.5 Å². The molecule has 0 radical (unpaired) electrons. The number of para-hydroxylation sites is 1. The van der Waals surface area contributed by atoms with E-state index in [1.807, 2.05) is 12.1 Å². The normalized spacial score (nSPS) is 21.4. The van der Waals surface area contributed by atoms with Crippen molar-refractivity contribution in [2.75, 3.05) is 40.9 Å². The minimum Gasteiger partial charge on any atom is -0.493 e. The maximum atomic E-state index is 5.49. The van der Waals surface area contributed by atoms with Crippen LogP contribution in [0.1, 0.15) is 12.5 Å². The molecule has 106 valence electrons. The monoisotopic (exact) mass is 264 g/mol. The van der Waals surface area contributed by atoms with Gasteiger partial charge in [-0.15, -0.1) is 0 Å². The third kappa shape index (κ3) is 3.19. The molecule has 1 aliphatic heterocycles. The molecule has 0 spiro atoms. The highest BCUT2D eigenvalue weighted by Gasteiger charge is 2.22. The molecule has 1 atom stereocenters. The predicted octanol–water partition coefficient (Wildman–Crippen LogP) is 1.84. The van der Waals surface area contributed by atoms with E-state index in [0.717, 1.165) is 37.7 Å². The van der Waals surface area contributed by atoms with Gasteiger partial charge in [-0.25, -0.2) is 0 Å². The molecule has 1 fully saturated rings. The van der Waals surface area contributed by atoms with E-state index in [-0.39, 0.29) is 0 Å². The molecule has 4 nitrogen and oxygen atoms in total. The summed E-state index contributed by atoms with van der Waals surface area (Å²) < 4.78 is 10.8. The lowest BCUT2D eigenvalue weighted by Gasteiger charge is -2.37. The molecule has 0 N–H and O–H groups in total. The molecule has 0 bridgehead atoms. The number of methoxy groups -OCH3 is 2. The fourth-order valence-electron chi connectivity index (χ4n) is 2.59. The summed E-state index contributed by atoms with van der Waals surface area (Å²) in [6.45, 7) is 6.50. The molecule has 2 rings (SSSR count). The molecule has 0 amide bonds. The molecule has 1 aromatic rings. The van der Waals surface area contributed by atoms with E-state index in [4.69, 9.17) is 9.47 Å². The second kappa shape index (κ2) is 6.26. The number of rotatable bonds is 4. The number of nitrogens with zero attached hydrogens (tertiary/aromatic N) is 2. The van der Waals surface area contributed by atoms with Gasteiger partial charge in [-0.3, -0.25) is 4.90 Å². The second-order valence-electron chi connectivity index (χ2n) is 5.22. The van der Waals surface area contributed by atoms with Crippen LogP contribution in [0.5, 0.6) is 11.5 Å². The van der Waals surface area contributed by atoms with Gasteiger partial charge in [0.25, 0.3) is 0 Å². The lowest BCUT2D eigenvalue weighted by molar-refractivity contribution is 0.0992. The number of hydrogen-bond acceptors (Lipinski definition) is 4. The molecule has 1 aromatic carbocycles. The van der Waals surface area contributed by atoms with Crippen molar-refractivity contribution in [1.82, 2.24) is 9.80 Å². The van der Waals surface area contributed by atoms with Crippen molar-refractivity contribution >= 4 is 0 Å². The Morgan fingerprint density at radius 2 is 2.00 bits per heavy atom. The van der Waals surface area contributed by atoms with E-state index in [9.17, 15) is 0 Å². The third-order valence-electron chi connectivity index (χ3n) is 3.92. The topological polar surface area (TPSA) is 24.9 Å². The van der Waals surface area contributed by atoms with Gasteiger partial charge >= 0.3 is 0 Å². The quantitative estimate of drug-likeness (QED) is 0.828. The van der Waals surface area contributed by atoms with Gasteiger partial charge < -0.3 is 14.4 Å². The second-order valence-corrected chi connectivity index (χ2v) is 5.22. The summed E-state index contributed by atoms with van der Waals surface area (Å²) in [5.74, 6) is 1.67. The van der Waals surface area contributed by atoms with Crippen LogP contribution in [0.4, 0.5) is 0 Å². The third-order valence-corrected chi connectivity index (χ3v) is 3.92. The molecular formula is C15H24N2O2. The van der Waals surface area contributed by atoms with Crippen LogP contribution in [-0.4, -0.2) is 56.7 Å². The molecule has 1 unspecified atom stereocenters. The first-order valence-electron chi connectivity index (χ1n) is 6.78. The van der Waals surface area contributed by atoms with Crippen LogP contribution in [0, 0.1) is 0 Å². The first kappa shape index (κ1) is 14.2. The summed E-state index contributed by atoms with van der Waals surface area (Å²) >= 11 is 0. The molecular weight excluding hydrogens is 240 g/mol. The van der Waals surface area contributed by atoms with Crippen molar-refractivity contribution in [2.24, 2.45) is 0 Å². The highest BCUT2D eigenvalue weighted by molar-refractivity contribution is 5.46. The van der Waals surface area contributed by atoms with E-state index >= 15 is 0 Å². The van der Waals surface area contributed by atoms with Crippen molar-refractivity contribution in [3.8, 4) is 11.5 Å². The number of benzene rings is 1. The van der Waals surface area contributed by atoms with Gasteiger partial charge in [-0.2, -0.15) is 0 Å². The van der Waals surface area contributed by atoms with Crippen molar-refractivity contribution in [3.63, 3.8) is 0 Å². The number of piperazine rings is 1. The summed E-state index contributed by atoms with van der Waals surface area (Å²) in [6, 6.07) is 6.68. The summed E-state index contributed by atoms with van der Waals surface area (Å²) in [6.07, 6.45) is 0. The maximum absolute atomic E-state index is 5.49. The van der Waals surface area contributed by atoms with Crippen molar-refractivity contribution < 1.29 is 9.47 Å². The Bertz CT molecular complexity index is 423. The van der Waals surface area contributed by atoms with Gasteiger partial charge in [0.2, 0.25) is 0 Å². The Kier molecular flexibility index (Phi) is 4.66. The van der Waals surface area contributed by atoms with Crippen molar-refractivity contribution in [3.05, 3.63) is 23.8 Å². The van der Waals surface area contributed by atoms with Crippen LogP contribution < -0.4 is 9.47 Å². The van der Waals surface area contributed by atoms with Crippen LogP contribution >= 0.6 is 0 Å². The van der Waals surface area contributed by atoms with Gasteiger partial charge in [-0.1, -0.05) is 12.1 Å². The van der Waals surface area contributed by atoms with Crippen LogP contribution in [-0.2, 0) is 6.54 Å². The van der Waals surface area contributed by atoms with E-state index in [1.165, 1.54) is 5.56 Å². The molecule has 0 aromatic heterocycles. The molecule has 0 saturated carbocycles. The SMILES string of the molecule is COc1cccc(CN2CCN(C)C(C)C2)c1OC. The number of hydrogen-bond donors (Lipinski definition) is 0. The first-order chi connectivity index (χ1) is 9.15. The Hall–Kier alpha value is -1.26. The Balaban J connectivity index is 2.11. The standard InChI is InChI=1S/C15H24N2O2/c1-12-10-17(9-8-16(12)2)11-13-6-5-7-14(18-3)15(13)19-4/h5-7,12H,8-11H2,1-4H3. The van der Waals surface area contributed by atoms with E-state index in [1.54, 1.807) is 14.2 Å². The summed E-state index contributed by atoms with van der Waals surface area (Å²) in [5.41, 5.74) is 1.19. The molecule has 19 heavy (non-hydrogen) atoms. The average Bonchev–Trinajstić information content (AvgIpc) is 2.42. The first-order valence-corrected chi connectivity index (χ1v) is 6.78. The summed E-state index contributed by atoms with van der Waals surface area (Å²) in [5, 5.41) is 0. The van der Waals surface area contributed by atoms with Crippen LogP contribution in [0.3, 0.4) is 0 Å². The number of likely N-dealkylation sites (N-methyl/N-ethyl adjacent to an activating group) is 1. The summed E-state index contributed by atoms with van der Waals surface area (Å²) in [4.78, 5) is 4.88. The van der Waals surface area contributed by atoms with E-state index in [0.29, 0.717) is 6.04 Å². The minimum absolute atomic E-state index is 0.602. The fourth-order valence-corrected chi connectivity index (χ4v) is 2.59. The molecule has 1 saturated heterocycles. The van der Waals surface area contributed by atoms with E-state index in [2.05, 4.69) is 29.8 Å². The van der Waals surface area contributed by atoms with Gasteiger partial charge in [-0.05, 0) is 20.0 Å². The van der Waals surface area contributed by atoms with Crippen molar-refractivity contribution in [1.29, 1.82) is 0 Å². The maximum Gasteiger partial charge on any atom is 0.165 e. The summed E-state index contributed by atoms with van der Waals surface area (Å²) in [7, 11) is 5.57. The van der Waals surface area contributed by atoms with Gasteiger partial charge in [0.1, 0.15) is 0 Å². The van der Waals surface area contributed by atoms with Crippen LogP contribution in [0.15, 0.2) is 18.2 Å².